The van der Waals surface area contributed by atoms with Crippen LogP contribution >= 0.6 is 0 Å². The largest absolute Gasteiger partial charge is 0.481 e. The summed E-state index contributed by atoms with van der Waals surface area (Å²) in [6.45, 7) is 1.43. The Morgan fingerprint density at radius 2 is 1.94 bits per heavy atom. The summed E-state index contributed by atoms with van der Waals surface area (Å²) in [5.74, 6) is -1.10. The van der Waals surface area contributed by atoms with Crippen molar-refractivity contribution in [3.8, 4) is 0 Å². The number of hydrogen-bond acceptors (Lipinski definition) is 3. The van der Waals surface area contributed by atoms with Crippen molar-refractivity contribution in [3.05, 3.63) is 0 Å². The number of carboxylic acid groups (broad SMARTS) is 1. The number of hydrogen-bond donors (Lipinski definition) is 2. The minimum atomic E-state index is -0.791. The Hall–Kier alpha value is -1.10. The summed E-state index contributed by atoms with van der Waals surface area (Å²) >= 11 is 0. The van der Waals surface area contributed by atoms with Crippen molar-refractivity contribution in [2.45, 2.75) is 38.5 Å². The van der Waals surface area contributed by atoms with E-state index in [1.165, 1.54) is 0 Å². The molecule has 18 heavy (non-hydrogen) atoms. The molecule has 1 amide bonds. The zero-order valence-electron chi connectivity index (χ0n) is 10.7. The van der Waals surface area contributed by atoms with Crippen molar-refractivity contribution in [2.75, 3.05) is 19.6 Å². The maximum absolute atomic E-state index is 12.6. The number of carbonyl (C=O) groups excluding carboxylic acids is 1. The minimum Gasteiger partial charge on any atom is -0.481 e. The summed E-state index contributed by atoms with van der Waals surface area (Å²) in [4.78, 5) is 25.3. The van der Waals surface area contributed by atoms with Gasteiger partial charge in [-0.1, -0.05) is 12.8 Å². The molecule has 0 radical (unpaired) electrons. The lowest BCUT2D eigenvalue weighted by Gasteiger charge is -2.37. The van der Waals surface area contributed by atoms with Crippen LogP contribution in [0.15, 0.2) is 0 Å². The zero-order valence-corrected chi connectivity index (χ0v) is 10.7. The van der Waals surface area contributed by atoms with E-state index >= 15 is 0 Å². The van der Waals surface area contributed by atoms with Crippen LogP contribution in [-0.4, -0.2) is 41.5 Å². The molecule has 0 bridgehead atoms. The lowest BCUT2D eigenvalue weighted by atomic mass is 9.83. The normalized spacial score (nSPS) is 27.2. The molecule has 102 valence electrons. The van der Waals surface area contributed by atoms with Crippen LogP contribution in [0, 0.1) is 11.3 Å². The number of carbonyl (C=O) groups is 2. The summed E-state index contributed by atoms with van der Waals surface area (Å²) in [5.41, 5.74) is 5.40. The SMILES string of the molecule is NCC1(C(=O)N2CCC[C@H](C(=O)O)C2)CCCC1. The molecule has 0 unspecified atom stereocenters. The molecular formula is C13H22N2O3. The molecule has 2 fully saturated rings. The van der Waals surface area contributed by atoms with E-state index in [0.717, 1.165) is 32.1 Å². The van der Waals surface area contributed by atoms with Gasteiger partial charge in [0, 0.05) is 19.6 Å². The number of nitrogens with two attached hydrogens (primary N) is 1. The first kappa shape index (κ1) is 13.3. The van der Waals surface area contributed by atoms with Crippen molar-refractivity contribution in [1.82, 2.24) is 4.90 Å². The molecule has 1 saturated heterocycles. The molecule has 0 aromatic carbocycles. The highest BCUT2D eigenvalue weighted by Crippen LogP contribution is 2.39. The number of piperidine rings is 1. The van der Waals surface area contributed by atoms with Gasteiger partial charge in [-0.05, 0) is 25.7 Å². The van der Waals surface area contributed by atoms with Crippen molar-refractivity contribution < 1.29 is 14.7 Å². The molecule has 1 heterocycles. The van der Waals surface area contributed by atoms with E-state index in [0.29, 0.717) is 26.1 Å². The number of aliphatic carboxylic acids is 1. The van der Waals surface area contributed by atoms with Crippen LogP contribution in [-0.2, 0) is 9.59 Å². The molecule has 0 spiro atoms. The molecule has 2 rings (SSSR count). The third kappa shape index (κ3) is 2.36. The van der Waals surface area contributed by atoms with Gasteiger partial charge in [0.15, 0.2) is 0 Å². The molecule has 1 aliphatic carbocycles. The van der Waals surface area contributed by atoms with E-state index in [9.17, 15) is 9.59 Å². The van der Waals surface area contributed by atoms with E-state index in [2.05, 4.69) is 0 Å². The van der Waals surface area contributed by atoms with Gasteiger partial charge in [0.05, 0.1) is 11.3 Å². The summed E-state index contributed by atoms with van der Waals surface area (Å²) in [6, 6.07) is 0. The highest BCUT2D eigenvalue weighted by molar-refractivity contribution is 5.84. The highest BCUT2D eigenvalue weighted by Gasteiger charge is 2.43. The molecule has 5 heteroatoms. The molecule has 3 N–H and O–H groups in total. The fraction of sp³-hybridized carbons (Fsp3) is 0.846. The van der Waals surface area contributed by atoms with Gasteiger partial charge in [-0.25, -0.2) is 0 Å². The Morgan fingerprint density at radius 3 is 2.50 bits per heavy atom. The summed E-state index contributed by atoms with van der Waals surface area (Å²) < 4.78 is 0. The second kappa shape index (κ2) is 5.26. The average molecular weight is 254 g/mol. The summed E-state index contributed by atoms with van der Waals surface area (Å²) in [7, 11) is 0. The third-order valence-electron chi connectivity index (χ3n) is 4.46. The maximum atomic E-state index is 12.6. The standard InChI is InChI=1S/C13H22N2O3/c14-9-13(5-1-2-6-13)12(18)15-7-3-4-10(8-15)11(16)17/h10H,1-9,14H2,(H,16,17)/t10-/m0/s1. The van der Waals surface area contributed by atoms with E-state index in [1.54, 1.807) is 4.90 Å². The van der Waals surface area contributed by atoms with Gasteiger partial charge in [0.2, 0.25) is 5.91 Å². The monoisotopic (exact) mass is 254 g/mol. The molecule has 1 atom stereocenters. The predicted molar refractivity (Wildman–Crippen MR) is 66.9 cm³/mol. The number of amides is 1. The second-order valence-corrected chi connectivity index (χ2v) is 5.62. The van der Waals surface area contributed by atoms with Crippen LogP contribution in [0.5, 0.6) is 0 Å². The van der Waals surface area contributed by atoms with E-state index in [4.69, 9.17) is 10.8 Å². The highest BCUT2D eigenvalue weighted by atomic mass is 16.4. The lowest BCUT2D eigenvalue weighted by molar-refractivity contribution is -0.149. The number of carboxylic acids is 1. The first-order valence-corrected chi connectivity index (χ1v) is 6.81. The van der Waals surface area contributed by atoms with Gasteiger partial charge in [-0.15, -0.1) is 0 Å². The van der Waals surface area contributed by atoms with Gasteiger partial charge in [-0.2, -0.15) is 0 Å². The van der Waals surface area contributed by atoms with Crippen LogP contribution in [0.3, 0.4) is 0 Å². The first-order chi connectivity index (χ1) is 8.59. The minimum absolute atomic E-state index is 0.0912. The van der Waals surface area contributed by atoms with Gasteiger partial charge < -0.3 is 15.7 Å². The van der Waals surface area contributed by atoms with Gasteiger partial charge >= 0.3 is 5.97 Å². The van der Waals surface area contributed by atoms with Gasteiger partial charge in [-0.3, -0.25) is 9.59 Å². The van der Waals surface area contributed by atoms with E-state index < -0.39 is 17.3 Å². The molecular weight excluding hydrogens is 232 g/mol. The van der Waals surface area contributed by atoms with Crippen molar-refractivity contribution in [2.24, 2.45) is 17.1 Å². The van der Waals surface area contributed by atoms with Gasteiger partial charge in [0.1, 0.15) is 0 Å². The van der Waals surface area contributed by atoms with E-state index in [-0.39, 0.29) is 5.91 Å². The molecule has 1 saturated carbocycles. The van der Waals surface area contributed by atoms with Crippen LogP contribution < -0.4 is 5.73 Å². The van der Waals surface area contributed by atoms with Crippen molar-refractivity contribution in [3.63, 3.8) is 0 Å². The van der Waals surface area contributed by atoms with E-state index in [1.807, 2.05) is 0 Å². The summed E-state index contributed by atoms with van der Waals surface area (Å²) in [5, 5.41) is 9.06. The average Bonchev–Trinajstić information content (AvgIpc) is 2.88. The summed E-state index contributed by atoms with van der Waals surface area (Å²) in [6.07, 6.45) is 5.28. The van der Waals surface area contributed by atoms with Gasteiger partial charge in [0.25, 0.3) is 0 Å². The quantitative estimate of drug-likeness (QED) is 0.781. The van der Waals surface area contributed by atoms with Crippen LogP contribution in [0.2, 0.25) is 0 Å². The van der Waals surface area contributed by atoms with Crippen LogP contribution in [0.1, 0.15) is 38.5 Å². The van der Waals surface area contributed by atoms with Crippen LogP contribution in [0.25, 0.3) is 0 Å². The second-order valence-electron chi connectivity index (χ2n) is 5.62. The smallest absolute Gasteiger partial charge is 0.308 e. The Morgan fingerprint density at radius 1 is 1.28 bits per heavy atom. The molecule has 5 nitrogen and oxygen atoms in total. The predicted octanol–water partition coefficient (Wildman–Crippen LogP) is 0.829. The Bertz CT molecular complexity index is 337. The first-order valence-electron chi connectivity index (χ1n) is 6.81. The Kier molecular flexibility index (Phi) is 3.90. The zero-order chi connectivity index (χ0) is 13.2. The molecule has 2 aliphatic rings. The number of rotatable bonds is 3. The topological polar surface area (TPSA) is 83.6 Å². The fourth-order valence-electron chi connectivity index (χ4n) is 3.26. The molecule has 1 aliphatic heterocycles. The number of nitrogens with zero attached hydrogens (tertiary/aromatic N) is 1. The fourth-order valence-corrected chi connectivity index (χ4v) is 3.26. The number of likely N-dealkylation sites (tertiary alicyclic amines) is 1. The van der Waals surface area contributed by atoms with Crippen molar-refractivity contribution in [1.29, 1.82) is 0 Å². The third-order valence-corrected chi connectivity index (χ3v) is 4.46. The van der Waals surface area contributed by atoms with Crippen LogP contribution in [0.4, 0.5) is 0 Å². The molecule has 0 aromatic heterocycles. The molecule has 0 aromatic rings. The maximum Gasteiger partial charge on any atom is 0.308 e. The Balaban J connectivity index is 2.06. The Labute approximate surface area is 107 Å². The van der Waals surface area contributed by atoms with Crippen molar-refractivity contribution >= 4 is 11.9 Å². The lowest BCUT2D eigenvalue weighted by Crippen LogP contribution is -2.51.